The van der Waals surface area contributed by atoms with Crippen molar-refractivity contribution in [1.82, 2.24) is 9.78 Å². The molecule has 0 bridgehead atoms. The first-order chi connectivity index (χ1) is 9.01. The molecule has 0 fully saturated rings. The van der Waals surface area contributed by atoms with E-state index in [-0.39, 0.29) is 5.69 Å². The van der Waals surface area contributed by atoms with Gasteiger partial charge in [-0.25, -0.2) is 4.68 Å². The molecule has 0 aliphatic heterocycles. The molecule has 0 atom stereocenters. The zero-order valence-corrected chi connectivity index (χ0v) is 13.0. The summed E-state index contributed by atoms with van der Waals surface area (Å²) in [6.07, 6.45) is 1.33. The fourth-order valence-electron chi connectivity index (χ4n) is 1.75. The maximum absolute atomic E-state index is 11.3. The summed E-state index contributed by atoms with van der Waals surface area (Å²) in [4.78, 5) is 10.9. The average Bonchev–Trinajstić information content (AvgIpc) is 2.53. The van der Waals surface area contributed by atoms with E-state index in [1.165, 1.54) is 4.68 Å². The van der Waals surface area contributed by atoms with Crippen molar-refractivity contribution in [1.29, 1.82) is 0 Å². The zero-order valence-electron chi connectivity index (χ0n) is 13.0. The Morgan fingerprint density at radius 3 is 2.35 bits per heavy atom. The summed E-state index contributed by atoms with van der Waals surface area (Å²) in [7, 11) is 1.66. The number of rotatable bonds is 6. The molecule has 0 aliphatic rings. The Hall–Kier alpha value is -1.63. The van der Waals surface area contributed by atoms with Crippen LogP contribution in [0.4, 0.5) is 11.5 Å². The SMILES string of the molecule is CCCc1nn(C)c(NC(C)(C)C(C)(C)O)c1[N+](=O)[O-]. The Balaban J connectivity index is 3.28. The lowest BCUT2D eigenvalue weighted by Gasteiger charge is -2.38. The summed E-state index contributed by atoms with van der Waals surface area (Å²) in [5, 5.41) is 28.8. The van der Waals surface area contributed by atoms with Crippen molar-refractivity contribution in [3.8, 4) is 0 Å². The van der Waals surface area contributed by atoms with E-state index in [0.29, 0.717) is 17.9 Å². The van der Waals surface area contributed by atoms with Crippen LogP contribution in [0.5, 0.6) is 0 Å². The molecule has 7 nitrogen and oxygen atoms in total. The van der Waals surface area contributed by atoms with Gasteiger partial charge in [0.15, 0.2) is 0 Å². The number of aryl methyl sites for hydroxylation is 2. The molecule has 0 spiro atoms. The van der Waals surface area contributed by atoms with Gasteiger partial charge in [0.2, 0.25) is 5.82 Å². The Labute approximate surface area is 119 Å². The Morgan fingerprint density at radius 2 is 1.95 bits per heavy atom. The molecule has 1 rings (SSSR count). The molecule has 0 amide bonds. The number of aromatic nitrogens is 2. The molecule has 1 aromatic heterocycles. The second-order valence-electron chi connectivity index (χ2n) is 6.08. The predicted molar refractivity (Wildman–Crippen MR) is 77.9 cm³/mol. The van der Waals surface area contributed by atoms with Gasteiger partial charge in [-0.15, -0.1) is 0 Å². The lowest BCUT2D eigenvalue weighted by Crippen LogP contribution is -2.51. The van der Waals surface area contributed by atoms with Gasteiger partial charge in [-0.3, -0.25) is 10.1 Å². The third kappa shape index (κ3) is 3.09. The first-order valence-corrected chi connectivity index (χ1v) is 6.72. The molecule has 0 unspecified atom stereocenters. The van der Waals surface area contributed by atoms with Crippen molar-refractivity contribution in [2.75, 3.05) is 5.32 Å². The normalized spacial score (nSPS) is 12.6. The monoisotopic (exact) mass is 284 g/mol. The van der Waals surface area contributed by atoms with Gasteiger partial charge in [0.05, 0.1) is 16.1 Å². The van der Waals surface area contributed by atoms with Crippen LogP contribution in [-0.2, 0) is 13.5 Å². The van der Waals surface area contributed by atoms with Crippen molar-refractivity contribution in [3.05, 3.63) is 15.8 Å². The first kappa shape index (κ1) is 16.4. The zero-order chi connectivity index (χ0) is 15.7. The van der Waals surface area contributed by atoms with Gasteiger partial charge in [0.1, 0.15) is 5.69 Å². The standard InChI is InChI=1S/C13H24N4O3/c1-7-8-9-10(17(19)20)11(16(6)15-9)14-12(2,3)13(4,5)18/h14,18H,7-8H2,1-6H3. The van der Waals surface area contributed by atoms with Crippen LogP contribution in [0.15, 0.2) is 0 Å². The van der Waals surface area contributed by atoms with Crippen molar-refractivity contribution >= 4 is 11.5 Å². The van der Waals surface area contributed by atoms with Crippen LogP contribution in [0.3, 0.4) is 0 Å². The first-order valence-electron chi connectivity index (χ1n) is 6.72. The minimum absolute atomic E-state index is 0.00771. The summed E-state index contributed by atoms with van der Waals surface area (Å²) in [5.41, 5.74) is -1.33. The largest absolute Gasteiger partial charge is 0.388 e. The summed E-state index contributed by atoms with van der Waals surface area (Å²) in [6.45, 7) is 8.86. The van der Waals surface area contributed by atoms with E-state index >= 15 is 0 Å². The molecule has 7 heteroatoms. The lowest BCUT2D eigenvalue weighted by atomic mass is 9.86. The number of nitrogens with one attached hydrogen (secondary N) is 1. The maximum atomic E-state index is 11.3. The van der Waals surface area contributed by atoms with Crippen LogP contribution in [0.25, 0.3) is 0 Å². The summed E-state index contributed by atoms with van der Waals surface area (Å²) < 4.78 is 1.47. The molecule has 114 valence electrons. The van der Waals surface area contributed by atoms with Gasteiger partial charge < -0.3 is 10.4 Å². The van der Waals surface area contributed by atoms with Crippen molar-refractivity contribution in [3.63, 3.8) is 0 Å². The predicted octanol–water partition coefficient (Wildman–Crippen LogP) is 2.24. The highest BCUT2D eigenvalue weighted by atomic mass is 16.6. The second kappa shape index (κ2) is 5.40. The Morgan fingerprint density at radius 1 is 1.40 bits per heavy atom. The fourth-order valence-corrected chi connectivity index (χ4v) is 1.75. The van der Waals surface area contributed by atoms with E-state index in [9.17, 15) is 15.2 Å². The summed E-state index contributed by atoms with van der Waals surface area (Å²) in [6, 6.07) is 0. The van der Waals surface area contributed by atoms with Crippen LogP contribution in [0, 0.1) is 10.1 Å². The van der Waals surface area contributed by atoms with Gasteiger partial charge in [-0.2, -0.15) is 5.10 Å². The third-order valence-corrected chi connectivity index (χ3v) is 3.72. The number of hydrogen-bond acceptors (Lipinski definition) is 5. The molecule has 0 saturated heterocycles. The topological polar surface area (TPSA) is 93.2 Å². The second-order valence-corrected chi connectivity index (χ2v) is 6.08. The Kier molecular flexibility index (Phi) is 4.43. The summed E-state index contributed by atoms with van der Waals surface area (Å²) >= 11 is 0. The van der Waals surface area contributed by atoms with E-state index in [1.54, 1.807) is 34.7 Å². The molecule has 0 radical (unpaired) electrons. The number of hydrogen-bond donors (Lipinski definition) is 2. The lowest BCUT2D eigenvalue weighted by molar-refractivity contribution is -0.384. The number of aliphatic hydroxyl groups is 1. The number of nitrogens with zero attached hydrogens (tertiary/aromatic N) is 3. The molecule has 0 saturated carbocycles. The van der Waals surface area contributed by atoms with Crippen LogP contribution in [0.2, 0.25) is 0 Å². The molecule has 2 N–H and O–H groups in total. The van der Waals surface area contributed by atoms with E-state index < -0.39 is 16.1 Å². The van der Waals surface area contributed by atoms with E-state index in [2.05, 4.69) is 10.4 Å². The highest BCUT2D eigenvalue weighted by molar-refractivity contribution is 5.61. The molecule has 0 aliphatic carbocycles. The minimum atomic E-state index is -1.05. The number of nitro groups is 1. The van der Waals surface area contributed by atoms with Gasteiger partial charge in [-0.1, -0.05) is 13.3 Å². The quantitative estimate of drug-likeness (QED) is 0.617. The highest BCUT2D eigenvalue weighted by Crippen LogP contribution is 2.34. The van der Waals surface area contributed by atoms with Gasteiger partial charge >= 0.3 is 5.69 Å². The average molecular weight is 284 g/mol. The molecule has 0 aromatic carbocycles. The molecule has 1 heterocycles. The van der Waals surface area contributed by atoms with Crippen molar-refractivity contribution in [2.45, 2.75) is 58.6 Å². The van der Waals surface area contributed by atoms with Crippen molar-refractivity contribution < 1.29 is 10.0 Å². The smallest absolute Gasteiger partial charge is 0.334 e. The van der Waals surface area contributed by atoms with Gasteiger partial charge in [-0.05, 0) is 34.1 Å². The molecular formula is C13H24N4O3. The molecule has 20 heavy (non-hydrogen) atoms. The minimum Gasteiger partial charge on any atom is -0.388 e. The van der Waals surface area contributed by atoms with Crippen molar-refractivity contribution in [2.24, 2.45) is 7.05 Å². The molecule has 1 aromatic rings. The van der Waals surface area contributed by atoms with Crippen LogP contribution in [0.1, 0.15) is 46.7 Å². The van der Waals surface area contributed by atoms with E-state index in [4.69, 9.17) is 0 Å². The maximum Gasteiger partial charge on any atom is 0.334 e. The van der Waals surface area contributed by atoms with Crippen LogP contribution < -0.4 is 5.32 Å². The van der Waals surface area contributed by atoms with E-state index in [0.717, 1.165) is 6.42 Å². The number of anilines is 1. The molecular weight excluding hydrogens is 260 g/mol. The third-order valence-electron chi connectivity index (χ3n) is 3.72. The highest BCUT2D eigenvalue weighted by Gasteiger charge is 2.38. The van der Waals surface area contributed by atoms with Crippen LogP contribution >= 0.6 is 0 Å². The van der Waals surface area contributed by atoms with Gasteiger partial charge in [0, 0.05) is 7.05 Å². The fraction of sp³-hybridized carbons (Fsp3) is 0.769. The van der Waals surface area contributed by atoms with E-state index in [1.807, 2.05) is 6.92 Å². The van der Waals surface area contributed by atoms with Crippen LogP contribution in [-0.4, -0.2) is 31.0 Å². The Bertz CT molecular complexity index is 500. The summed E-state index contributed by atoms with van der Waals surface area (Å²) in [5.74, 6) is 0.325. The van der Waals surface area contributed by atoms with Gasteiger partial charge in [0.25, 0.3) is 0 Å².